The molecule has 0 saturated heterocycles. The Kier molecular flexibility index (Phi) is 5.55. The van der Waals surface area contributed by atoms with E-state index in [0.717, 1.165) is 29.7 Å². The molecule has 0 saturated carbocycles. The molecule has 1 rings (SSSR count). The zero-order valence-corrected chi connectivity index (χ0v) is 13.7. The molecule has 0 atom stereocenters. The van der Waals surface area contributed by atoms with Crippen LogP contribution >= 0.6 is 11.3 Å². The van der Waals surface area contributed by atoms with E-state index < -0.39 is 10.0 Å². The predicted molar refractivity (Wildman–Crippen MR) is 80.9 cm³/mol. The van der Waals surface area contributed by atoms with Crippen LogP contribution in [0.2, 0.25) is 0 Å². The average molecular weight is 304 g/mol. The minimum atomic E-state index is -3.50. The summed E-state index contributed by atoms with van der Waals surface area (Å²) in [6.07, 6.45) is 2.33. The lowest BCUT2D eigenvalue weighted by molar-refractivity contribution is 0.341. The van der Waals surface area contributed by atoms with Gasteiger partial charge in [0.05, 0.1) is 0 Å². The smallest absolute Gasteiger partial charge is 0.242 e. The molecular weight excluding hydrogens is 280 g/mol. The fourth-order valence-corrected chi connectivity index (χ4v) is 5.61. The highest BCUT2D eigenvalue weighted by Gasteiger charge is 2.32. The van der Waals surface area contributed by atoms with Crippen LogP contribution in [-0.2, 0) is 16.6 Å². The van der Waals surface area contributed by atoms with Gasteiger partial charge in [0.2, 0.25) is 10.0 Å². The first-order chi connectivity index (χ1) is 8.85. The Morgan fingerprint density at radius 1 is 1.26 bits per heavy atom. The molecule has 1 heterocycles. The van der Waals surface area contributed by atoms with Crippen LogP contribution < -0.4 is 10.5 Å². The van der Waals surface area contributed by atoms with E-state index in [-0.39, 0.29) is 12.1 Å². The number of aryl methyl sites for hydroxylation is 1. The van der Waals surface area contributed by atoms with Gasteiger partial charge in [0.25, 0.3) is 0 Å². The molecule has 0 spiro atoms. The number of hydrogen-bond acceptors (Lipinski definition) is 4. The van der Waals surface area contributed by atoms with Gasteiger partial charge in [-0.25, -0.2) is 13.1 Å². The molecule has 0 aliphatic rings. The van der Waals surface area contributed by atoms with Crippen molar-refractivity contribution in [2.24, 2.45) is 5.73 Å². The topological polar surface area (TPSA) is 72.2 Å². The van der Waals surface area contributed by atoms with Crippen molar-refractivity contribution in [1.82, 2.24) is 4.72 Å². The molecule has 110 valence electrons. The van der Waals surface area contributed by atoms with Gasteiger partial charge in [-0.05, 0) is 37.1 Å². The van der Waals surface area contributed by atoms with E-state index >= 15 is 0 Å². The molecule has 0 aromatic carbocycles. The lowest BCUT2D eigenvalue weighted by atomic mass is 9.91. The van der Waals surface area contributed by atoms with Gasteiger partial charge < -0.3 is 5.73 Å². The summed E-state index contributed by atoms with van der Waals surface area (Å²) < 4.78 is 28.1. The summed E-state index contributed by atoms with van der Waals surface area (Å²) in [5, 5.41) is 1.85. The molecule has 0 amide bonds. The highest BCUT2D eigenvalue weighted by molar-refractivity contribution is 7.89. The number of nitrogens with two attached hydrogens (primary N) is 1. The summed E-state index contributed by atoms with van der Waals surface area (Å²) in [7, 11) is -3.50. The van der Waals surface area contributed by atoms with E-state index in [1.54, 1.807) is 0 Å². The van der Waals surface area contributed by atoms with Crippen LogP contribution in [0.5, 0.6) is 0 Å². The predicted octanol–water partition coefficient (Wildman–Crippen LogP) is 2.76. The quantitative estimate of drug-likeness (QED) is 0.813. The van der Waals surface area contributed by atoms with Gasteiger partial charge in [0.15, 0.2) is 0 Å². The Labute approximate surface area is 120 Å². The molecule has 0 unspecified atom stereocenters. The average Bonchev–Trinajstić information content (AvgIpc) is 2.78. The molecule has 1 aromatic heterocycles. The second-order valence-corrected chi connectivity index (χ2v) is 7.41. The second kappa shape index (κ2) is 6.35. The monoisotopic (exact) mass is 304 g/mol. The van der Waals surface area contributed by atoms with Gasteiger partial charge in [0.1, 0.15) is 4.90 Å². The summed E-state index contributed by atoms with van der Waals surface area (Å²) >= 11 is 1.41. The Morgan fingerprint density at radius 2 is 1.79 bits per heavy atom. The molecule has 1 aromatic rings. The van der Waals surface area contributed by atoms with Gasteiger partial charge >= 0.3 is 0 Å². The largest absolute Gasteiger partial charge is 0.326 e. The van der Waals surface area contributed by atoms with Crippen molar-refractivity contribution in [3.05, 3.63) is 15.8 Å². The standard InChI is InChI=1S/C13H24N2O2S2/c1-5-13(6-2,7-3)15-19(16,17)12-10(4)9-18-11(12)8-14/h9,15H,5-8,14H2,1-4H3. The highest BCUT2D eigenvalue weighted by Crippen LogP contribution is 2.29. The van der Waals surface area contributed by atoms with Crippen molar-refractivity contribution in [3.63, 3.8) is 0 Å². The lowest BCUT2D eigenvalue weighted by Gasteiger charge is -2.31. The van der Waals surface area contributed by atoms with E-state index in [1.807, 2.05) is 33.1 Å². The molecule has 3 N–H and O–H groups in total. The Balaban J connectivity index is 3.21. The number of thiophene rings is 1. The van der Waals surface area contributed by atoms with E-state index in [2.05, 4.69) is 4.72 Å². The number of sulfonamides is 1. The summed E-state index contributed by atoms with van der Waals surface area (Å²) in [6, 6.07) is 0. The van der Waals surface area contributed by atoms with Crippen molar-refractivity contribution in [3.8, 4) is 0 Å². The maximum absolute atomic E-state index is 12.6. The highest BCUT2D eigenvalue weighted by atomic mass is 32.2. The third-order valence-electron chi connectivity index (χ3n) is 3.82. The first-order valence-electron chi connectivity index (χ1n) is 6.66. The molecule has 0 radical (unpaired) electrons. The van der Waals surface area contributed by atoms with Crippen LogP contribution in [0.4, 0.5) is 0 Å². The summed E-state index contributed by atoms with van der Waals surface area (Å²) in [5.74, 6) is 0. The fourth-order valence-electron chi connectivity index (χ4n) is 2.29. The summed E-state index contributed by atoms with van der Waals surface area (Å²) in [6.45, 7) is 8.11. The Morgan fingerprint density at radius 3 is 2.21 bits per heavy atom. The first kappa shape index (κ1) is 16.6. The maximum Gasteiger partial charge on any atom is 0.242 e. The lowest BCUT2D eigenvalue weighted by Crippen LogP contribution is -2.47. The van der Waals surface area contributed by atoms with Crippen LogP contribution in [0, 0.1) is 6.92 Å². The van der Waals surface area contributed by atoms with Crippen molar-refractivity contribution in [2.75, 3.05) is 0 Å². The van der Waals surface area contributed by atoms with Crippen molar-refractivity contribution in [1.29, 1.82) is 0 Å². The molecule has 0 fully saturated rings. The SMILES string of the molecule is CCC(CC)(CC)NS(=O)(=O)c1c(C)csc1CN. The minimum Gasteiger partial charge on any atom is -0.326 e. The Hall–Kier alpha value is -0.430. The zero-order valence-electron chi connectivity index (χ0n) is 12.1. The third kappa shape index (κ3) is 3.37. The molecular formula is C13H24N2O2S2. The molecule has 0 bridgehead atoms. The number of rotatable bonds is 7. The van der Waals surface area contributed by atoms with Crippen LogP contribution in [-0.4, -0.2) is 14.0 Å². The van der Waals surface area contributed by atoms with Gasteiger partial charge in [-0.2, -0.15) is 0 Å². The van der Waals surface area contributed by atoms with Crippen LogP contribution in [0.3, 0.4) is 0 Å². The van der Waals surface area contributed by atoms with E-state index in [9.17, 15) is 8.42 Å². The maximum atomic E-state index is 12.6. The van der Waals surface area contributed by atoms with E-state index in [0.29, 0.717) is 4.90 Å². The van der Waals surface area contributed by atoms with Gasteiger partial charge in [-0.15, -0.1) is 11.3 Å². The molecule has 4 nitrogen and oxygen atoms in total. The first-order valence-corrected chi connectivity index (χ1v) is 9.03. The number of nitrogens with one attached hydrogen (secondary N) is 1. The minimum absolute atomic E-state index is 0.256. The van der Waals surface area contributed by atoms with Crippen molar-refractivity contribution >= 4 is 21.4 Å². The van der Waals surface area contributed by atoms with Gasteiger partial charge in [-0.3, -0.25) is 0 Å². The summed E-state index contributed by atoms with van der Waals surface area (Å²) in [5.41, 5.74) is 6.05. The van der Waals surface area contributed by atoms with E-state index in [4.69, 9.17) is 5.73 Å². The van der Waals surface area contributed by atoms with Crippen molar-refractivity contribution in [2.45, 2.75) is 63.9 Å². The van der Waals surface area contributed by atoms with Gasteiger partial charge in [-0.1, -0.05) is 20.8 Å². The van der Waals surface area contributed by atoms with Crippen LogP contribution in [0.25, 0.3) is 0 Å². The third-order valence-corrected chi connectivity index (χ3v) is 6.89. The molecule has 19 heavy (non-hydrogen) atoms. The zero-order chi connectivity index (χ0) is 14.7. The van der Waals surface area contributed by atoms with Crippen molar-refractivity contribution < 1.29 is 8.42 Å². The second-order valence-electron chi connectivity index (χ2n) is 4.82. The fraction of sp³-hybridized carbons (Fsp3) is 0.692. The van der Waals surface area contributed by atoms with E-state index in [1.165, 1.54) is 11.3 Å². The molecule has 0 aliphatic carbocycles. The summed E-state index contributed by atoms with van der Waals surface area (Å²) in [4.78, 5) is 1.10. The van der Waals surface area contributed by atoms with Crippen LogP contribution in [0.15, 0.2) is 10.3 Å². The molecule has 0 aliphatic heterocycles. The van der Waals surface area contributed by atoms with Crippen LogP contribution in [0.1, 0.15) is 50.5 Å². The normalized spacial score (nSPS) is 12.9. The number of hydrogen-bond donors (Lipinski definition) is 2. The van der Waals surface area contributed by atoms with Gasteiger partial charge in [0, 0.05) is 17.0 Å². The molecule has 6 heteroatoms. The Bertz CT molecular complexity index is 508.